The van der Waals surface area contributed by atoms with E-state index in [-0.39, 0.29) is 34.8 Å². The molecular weight excluding hydrogens is 324 g/mol. The zero-order valence-electron chi connectivity index (χ0n) is 13.2. The first-order valence-corrected chi connectivity index (χ1v) is 7.73. The van der Waals surface area contributed by atoms with Crippen LogP contribution in [0.2, 0.25) is 5.02 Å². The minimum absolute atomic E-state index is 0.0179. The van der Waals surface area contributed by atoms with Crippen molar-refractivity contribution in [2.75, 3.05) is 0 Å². The maximum atomic E-state index is 14.3. The molecule has 0 aliphatic rings. The lowest BCUT2D eigenvalue weighted by Gasteiger charge is -2.27. The fourth-order valence-electron chi connectivity index (χ4n) is 2.53. The van der Waals surface area contributed by atoms with Crippen molar-refractivity contribution < 1.29 is 13.9 Å². The van der Waals surface area contributed by atoms with Crippen molar-refractivity contribution >= 4 is 11.6 Å². The van der Waals surface area contributed by atoms with E-state index in [1.165, 1.54) is 23.6 Å². The SMILES string of the molecule is CCn1c(-c2c(F)cccc2F)c(C(C)(O)CC)cc(Cl)c1=O. The van der Waals surface area contributed by atoms with Gasteiger partial charge >= 0.3 is 0 Å². The van der Waals surface area contributed by atoms with Crippen LogP contribution in [0.3, 0.4) is 0 Å². The molecule has 0 aliphatic carbocycles. The minimum Gasteiger partial charge on any atom is -0.385 e. The number of aromatic nitrogens is 1. The van der Waals surface area contributed by atoms with E-state index in [0.29, 0.717) is 0 Å². The summed E-state index contributed by atoms with van der Waals surface area (Å²) >= 11 is 5.97. The molecule has 0 bridgehead atoms. The Morgan fingerprint density at radius 2 is 1.83 bits per heavy atom. The summed E-state index contributed by atoms with van der Waals surface area (Å²) in [6.45, 7) is 5.09. The molecule has 1 aromatic heterocycles. The lowest BCUT2D eigenvalue weighted by Crippen LogP contribution is -2.29. The number of benzene rings is 1. The Labute approximate surface area is 138 Å². The maximum Gasteiger partial charge on any atom is 0.269 e. The highest BCUT2D eigenvalue weighted by Crippen LogP contribution is 2.36. The topological polar surface area (TPSA) is 42.2 Å². The van der Waals surface area contributed by atoms with E-state index in [0.717, 1.165) is 12.1 Å². The fraction of sp³-hybridized carbons (Fsp3) is 0.353. The van der Waals surface area contributed by atoms with Crippen LogP contribution < -0.4 is 5.56 Å². The smallest absolute Gasteiger partial charge is 0.269 e. The molecule has 6 heteroatoms. The number of nitrogens with zero attached hydrogens (tertiary/aromatic N) is 1. The van der Waals surface area contributed by atoms with Crippen molar-refractivity contribution in [1.29, 1.82) is 0 Å². The van der Waals surface area contributed by atoms with E-state index in [9.17, 15) is 18.7 Å². The third-order valence-electron chi connectivity index (χ3n) is 4.03. The first-order valence-electron chi connectivity index (χ1n) is 7.35. The minimum atomic E-state index is -1.39. The van der Waals surface area contributed by atoms with Crippen molar-refractivity contribution in [1.82, 2.24) is 4.57 Å². The van der Waals surface area contributed by atoms with Crippen LogP contribution in [0.1, 0.15) is 32.8 Å². The van der Waals surface area contributed by atoms with Gasteiger partial charge in [0.25, 0.3) is 5.56 Å². The van der Waals surface area contributed by atoms with Gasteiger partial charge in [0.05, 0.1) is 16.9 Å². The van der Waals surface area contributed by atoms with Gasteiger partial charge in [0.1, 0.15) is 16.7 Å². The van der Waals surface area contributed by atoms with Crippen molar-refractivity contribution in [2.45, 2.75) is 39.3 Å². The third-order valence-corrected chi connectivity index (χ3v) is 4.30. The van der Waals surface area contributed by atoms with E-state index >= 15 is 0 Å². The van der Waals surface area contributed by atoms with E-state index in [4.69, 9.17) is 11.6 Å². The van der Waals surface area contributed by atoms with Crippen LogP contribution in [0.4, 0.5) is 8.78 Å². The van der Waals surface area contributed by atoms with Gasteiger partial charge in [-0.1, -0.05) is 24.6 Å². The molecule has 2 rings (SSSR count). The van der Waals surface area contributed by atoms with Crippen LogP contribution in [0, 0.1) is 11.6 Å². The Bertz CT molecular complexity index is 780. The molecule has 3 nitrogen and oxygen atoms in total. The predicted molar refractivity (Wildman–Crippen MR) is 86.6 cm³/mol. The first-order chi connectivity index (χ1) is 10.7. The van der Waals surface area contributed by atoms with Crippen LogP contribution in [-0.2, 0) is 12.1 Å². The summed E-state index contributed by atoms with van der Waals surface area (Å²) in [7, 11) is 0. The van der Waals surface area contributed by atoms with Crippen molar-refractivity contribution in [3.05, 3.63) is 56.8 Å². The Hall–Kier alpha value is -1.72. The molecule has 1 N–H and O–H groups in total. The maximum absolute atomic E-state index is 14.3. The summed E-state index contributed by atoms with van der Waals surface area (Å²) in [5, 5.41) is 10.5. The summed E-state index contributed by atoms with van der Waals surface area (Å²) in [6, 6.07) is 4.76. The summed E-state index contributed by atoms with van der Waals surface area (Å²) in [5.74, 6) is -1.61. The normalized spacial score (nSPS) is 13.9. The number of hydrogen-bond acceptors (Lipinski definition) is 2. The highest BCUT2D eigenvalue weighted by molar-refractivity contribution is 6.30. The van der Waals surface area contributed by atoms with Crippen molar-refractivity contribution in [2.24, 2.45) is 0 Å². The van der Waals surface area contributed by atoms with Gasteiger partial charge < -0.3 is 9.67 Å². The lowest BCUT2D eigenvalue weighted by atomic mass is 9.89. The van der Waals surface area contributed by atoms with E-state index in [2.05, 4.69) is 0 Å². The Balaban J connectivity index is 3.01. The average molecular weight is 342 g/mol. The molecular formula is C17H18ClF2NO2. The highest BCUT2D eigenvalue weighted by Gasteiger charge is 2.30. The summed E-state index contributed by atoms with van der Waals surface area (Å²) in [5.41, 5.74) is -2.05. The van der Waals surface area contributed by atoms with Crippen LogP contribution in [-0.4, -0.2) is 9.67 Å². The Morgan fingerprint density at radius 3 is 2.30 bits per heavy atom. The molecule has 0 spiro atoms. The Kier molecular flexibility index (Phi) is 4.92. The van der Waals surface area contributed by atoms with Gasteiger partial charge in [-0.2, -0.15) is 0 Å². The molecule has 0 saturated heterocycles. The zero-order valence-corrected chi connectivity index (χ0v) is 13.9. The molecule has 1 atom stereocenters. The quantitative estimate of drug-likeness (QED) is 0.910. The van der Waals surface area contributed by atoms with Gasteiger partial charge in [0.15, 0.2) is 0 Å². The number of aliphatic hydroxyl groups is 1. The number of hydrogen-bond donors (Lipinski definition) is 1. The summed E-state index contributed by atoms with van der Waals surface area (Å²) < 4.78 is 29.8. The molecule has 124 valence electrons. The van der Waals surface area contributed by atoms with E-state index < -0.39 is 22.8 Å². The monoisotopic (exact) mass is 341 g/mol. The molecule has 0 saturated carbocycles. The second-order valence-electron chi connectivity index (χ2n) is 5.53. The van der Waals surface area contributed by atoms with Gasteiger partial charge in [0.2, 0.25) is 0 Å². The number of pyridine rings is 1. The van der Waals surface area contributed by atoms with Gasteiger partial charge in [-0.15, -0.1) is 0 Å². The third kappa shape index (κ3) is 3.03. The van der Waals surface area contributed by atoms with Gasteiger partial charge in [-0.3, -0.25) is 4.79 Å². The van der Waals surface area contributed by atoms with E-state index in [1.54, 1.807) is 13.8 Å². The molecule has 1 unspecified atom stereocenters. The summed E-state index contributed by atoms with van der Waals surface area (Å²) in [6.07, 6.45) is 0.286. The molecule has 0 fully saturated rings. The summed E-state index contributed by atoms with van der Waals surface area (Å²) in [4.78, 5) is 12.3. The van der Waals surface area contributed by atoms with Gasteiger partial charge in [-0.05, 0) is 38.5 Å². The molecule has 1 heterocycles. The predicted octanol–water partition coefficient (Wildman–Crippen LogP) is 4.08. The van der Waals surface area contributed by atoms with Crippen LogP contribution >= 0.6 is 11.6 Å². The lowest BCUT2D eigenvalue weighted by molar-refractivity contribution is 0.0530. The van der Waals surface area contributed by atoms with Crippen molar-refractivity contribution in [3.8, 4) is 11.3 Å². The Morgan fingerprint density at radius 1 is 1.26 bits per heavy atom. The average Bonchev–Trinajstić information content (AvgIpc) is 2.50. The molecule has 1 aromatic carbocycles. The number of rotatable bonds is 4. The van der Waals surface area contributed by atoms with Crippen LogP contribution in [0.25, 0.3) is 11.3 Å². The second-order valence-corrected chi connectivity index (χ2v) is 5.94. The largest absolute Gasteiger partial charge is 0.385 e. The highest BCUT2D eigenvalue weighted by atomic mass is 35.5. The fourth-order valence-corrected chi connectivity index (χ4v) is 2.74. The standard InChI is InChI=1S/C17H18ClF2NO2/c1-4-17(3,23)10-9-11(18)16(22)21(5-2)15(10)14-12(19)7-6-8-13(14)20/h6-9,23H,4-5H2,1-3H3. The zero-order chi connectivity index (χ0) is 17.4. The van der Waals surface area contributed by atoms with Crippen LogP contribution in [0.5, 0.6) is 0 Å². The molecule has 0 amide bonds. The molecule has 23 heavy (non-hydrogen) atoms. The molecule has 2 aromatic rings. The van der Waals surface area contributed by atoms with Gasteiger partial charge in [-0.25, -0.2) is 8.78 Å². The van der Waals surface area contributed by atoms with Gasteiger partial charge in [0, 0.05) is 12.1 Å². The number of halogens is 3. The van der Waals surface area contributed by atoms with Crippen LogP contribution in [0.15, 0.2) is 29.1 Å². The molecule has 0 aliphatic heterocycles. The second kappa shape index (κ2) is 6.42. The van der Waals surface area contributed by atoms with Crippen molar-refractivity contribution in [3.63, 3.8) is 0 Å². The molecule has 0 radical (unpaired) electrons. The van der Waals surface area contributed by atoms with E-state index in [1.807, 2.05) is 0 Å². The first kappa shape index (κ1) is 17.6.